The molecular weight excluding hydrogens is 194 g/mol. The van der Waals surface area contributed by atoms with Gasteiger partial charge < -0.3 is 10.6 Å². The summed E-state index contributed by atoms with van der Waals surface area (Å²) >= 11 is 0. The summed E-state index contributed by atoms with van der Waals surface area (Å²) in [6.45, 7) is 2.94. The van der Waals surface area contributed by atoms with E-state index in [0.717, 1.165) is 17.8 Å². The van der Waals surface area contributed by atoms with Gasteiger partial charge in [-0.2, -0.15) is 0 Å². The molecule has 2 heterocycles. The van der Waals surface area contributed by atoms with Crippen molar-refractivity contribution in [2.45, 2.75) is 25.9 Å². The minimum atomic E-state index is -0.441. The average molecular weight is 209 g/mol. The zero-order chi connectivity index (χ0) is 11.0. The standard InChI is InChI=1S/C9H15N5O/c1-6(10)9(15)14-4-3-8-7(5-14)11-12-13(8)2/h6H,3-5,10H2,1-2H3/t6-/m1/s1. The van der Waals surface area contributed by atoms with E-state index in [4.69, 9.17) is 5.73 Å². The maximum absolute atomic E-state index is 11.7. The van der Waals surface area contributed by atoms with Gasteiger partial charge in [0.15, 0.2) is 0 Å². The van der Waals surface area contributed by atoms with E-state index < -0.39 is 6.04 Å². The molecule has 0 aliphatic carbocycles. The fourth-order valence-electron chi connectivity index (χ4n) is 1.83. The number of carbonyl (C=O) groups excluding carboxylic acids is 1. The summed E-state index contributed by atoms with van der Waals surface area (Å²) < 4.78 is 1.77. The van der Waals surface area contributed by atoms with Gasteiger partial charge in [-0.05, 0) is 6.92 Å². The van der Waals surface area contributed by atoms with Gasteiger partial charge in [0.1, 0.15) is 5.69 Å². The van der Waals surface area contributed by atoms with Crippen molar-refractivity contribution in [1.29, 1.82) is 0 Å². The van der Waals surface area contributed by atoms with Crippen molar-refractivity contribution in [3.63, 3.8) is 0 Å². The van der Waals surface area contributed by atoms with Crippen LogP contribution < -0.4 is 5.73 Å². The summed E-state index contributed by atoms with van der Waals surface area (Å²) in [5.74, 6) is -0.0219. The van der Waals surface area contributed by atoms with Crippen LogP contribution in [0.2, 0.25) is 0 Å². The molecule has 0 unspecified atom stereocenters. The molecule has 0 bridgehead atoms. The maximum atomic E-state index is 11.7. The quantitative estimate of drug-likeness (QED) is 0.646. The highest BCUT2D eigenvalue weighted by molar-refractivity contribution is 5.81. The number of nitrogens with two attached hydrogens (primary N) is 1. The minimum Gasteiger partial charge on any atom is -0.335 e. The summed E-state index contributed by atoms with van der Waals surface area (Å²) in [5.41, 5.74) is 7.56. The molecule has 82 valence electrons. The molecule has 2 rings (SSSR count). The molecule has 0 radical (unpaired) electrons. The highest BCUT2D eigenvalue weighted by Crippen LogP contribution is 2.15. The molecule has 0 aromatic carbocycles. The van der Waals surface area contributed by atoms with E-state index in [1.165, 1.54) is 0 Å². The van der Waals surface area contributed by atoms with Crippen LogP contribution in [0.1, 0.15) is 18.3 Å². The molecule has 1 amide bonds. The van der Waals surface area contributed by atoms with Gasteiger partial charge in [-0.15, -0.1) is 5.10 Å². The molecule has 0 spiro atoms. The Labute approximate surface area is 88.0 Å². The number of fused-ring (bicyclic) bond motifs is 1. The second-order valence-corrected chi connectivity index (χ2v) is 3.90. The van der Waals surface area contributed by atoms with Crippen molar-refractivity contribution in [2.24, 2.45) is 12.8 Å². The van der Waals surface area contributed by atoms with Crippen LogP contribution in [0.3, 0.4) is 0 Å². The van der Waals surface area contributed by atoms with Crippen LogP contribution in [0.25, 0.3) is 0 Å². The number of carbonyl (C=O) groups is 1. The topological polar surface area (TPSA) is 77.0 Å². The molecule has 2 N–H and O–H groups in total. The zero-order valence-corrected chi connectivity index (χ0v) is 8.97. The largest absolute Gasteiger partial charge is 0.335 e. The molecule has 1 aromatic heterocycles. The monoisotopic (exact) mass is 209 g/mol. The lowest BCUT2D eigenvalue weighted by Gasteiger charge is -2.27. The SMILES string of the molecule is C[C@@H](N)C(=O)N1CCc2c(nnn2C)C1. The van der Waals surface area contributed by atoms with E-state index >= 15 is 0 Å². The van der Waals surface area contributed by atoms with E-state index in [1.807, 2.05) is 7.05 Å². The van der Waals surface area contributed by atoms with Crippen LogP contribution in [0.15, 0.2) is 0 Å². The summed E-state index contributed by atoms with van der Waals surface area (Å²) in [5, 5.41) is 7.96. The Morgan fingerprint density at radius 3 is 3.00 bits per heavy atom. The summed E-state index contributed by atoms with van der Waals surface area (Å²) in [4.78, 5) is 13.4. The second-order valence-electron chi connectivity index (χ2n) is 3.90. The number of nitrogens with zero attached hydrogens (tertiary/aromatic N) is 4. The lowest BCUT2D eigenvalue weighted by Crippen LogP contribution is -2.44. The van der Waals surface area contributed by atoms with Crippen LogP contribution in [-0.4, -0.2) is 38.4 Å². The van der Waals surface area contributed by atoms with Crippen LogP contribution >= 0.6 is 0 Å². The average Bonchev–Trinajstić information content (AvgIpc) is 2.59. The lowest BCUT2D eigenvalue weighted by molar-refractivity contribution is -0.133. The highest BCUT2D eigenvalue weighted by atomic mass is 16.2. The summed E-state index contributed by atoms with van der Waals surface area (Å²) in [6, 6.07) is -0.441. The van der Waals surface area contributed by atoms with Gasteiger partial charge >= 0.3 is 0 Å². The summed E-state index contributed by atoms with van der Waals surface area (Å²) in [6.07, 6.45) is 0.803. The molecule has 1 atom stereocenters. The first-order valence-electron chi connectivity index (χ1n) is 5.01. The van der Waals surface area contributed by atoms with Crippen molar-refractivity contribution in [3.05, 3.63) is 11.4 Å². The van der Waals surface area contributed by atoms with Crippen LogP contribution in [0.5, 0.6) is 0 Å². The smallest absolute Gasteiger partial charge is 0.239 e. The van der Waals surface area contributed by atoms with Gasteiger partial charge in [0.05, 0.1) is 18.3 Å². The van der Waals surface area contributed by atoms with Crippen LogP contribution in [0.4, 0.5) is 0 Å². The molecular formula is C9H15N5O. The van der Waals surface area contributed by atoms with Crippen molar-refractivity contribution < 1.29 is 4.79 Å². The Morgan fingerprint density at radius 1 is 1.60 bits per heavy atom. The molecule has 0 fully saturated rings. The van der Waals surface area contributed by atoms with Gasteiger partial charge in [-0.25, -0.2) is 0 Å². The number of aryl methyl sites for hydroxylation is 1. The molecule has 0 saturated carbocycles. The Morgan fingerprint density at radius 2 is 2.33 bits per heavy atom. The van der Waals surface area contributed by atoms with E-state index in [2.05, 4.69) is 10.3 Å². The van der Waals surface area contributed by atoms with E-state index in [9.17, 15) is 4.79 Å². The molecule has 6 nitrogen and oxygen atoms in total. The Kier molecular flexibility index (Phi) is 2.44. The molecule has 1 aliphatic rings. The molecule has 15 heavy (non-hydrogen) atoms. The maximum Gasteiger partial charge on any atom is 0.239 e. The van der Waals surface area contributed by atoms with Gasteiger partial charge in [0, 0.05) is 20.0 Å². The third kappa shape index (κ3) is 1.72. The van der Waals surface area contributed by atoms with Crippen molar-refractivity contribution in [2.75, 3.05) is 6.54 Å². The zero-order valence-electron chi connectivity index (χ0n) is 8.97. The number of hydrogen-bond acceptors (Lipinski definition) is 4. The predicted molar refractivity (Wildman–Crippen MR) is 53.8 cm³/mol. The van der Waals surface area contributed by atoms with Crippen molar-refractivity contribution >= 4 is 5.91 Å². The molecule has 1 aliphatic heterocycles. The van der Waals surface area contributed by atoms with Crippen molar-refractivity contribution in [3.8, 4) is 0 Å². The predicted octanol–water partition coefficient (Wildman–Crippen LogP) is -0.953. The summed E-state index contributed by atoms with van der Waals surface area (Å²) in [7, 11) is 1.87. The first kappa shape index (κ1) is 10.1. The number of hydrogen-bond donors (Lipinski definition) is 1. The minimum absolute atomic E-state index is 0.0219. The number of amides is 1. The second kappa shape index (κ2) is 3.62. The van der Waals surface area contributed by atoms with E-state index in [1.54, 1.807) is 16.5 Å². The van der Waals surface area contributed by atoms with E-state index in [0.29, 0.717) is 13.1 Å². The third-order valence-electron chi connectivity index (χ3n) is 2.68. The van der Waals surface area contributed by atoms with Gasteiger partial charge in [0.2, 0.25) is 5.91 Å². The number of aromatic nitrogens is 3. The van der Waals surface area contributed by atoms with Crippen molar-refractivity contribution in [1.82, 2.24) is 19.9 Å². The Bertz CT molecular complexity index is 384. The fraction of sp³-hybridized carbons (Fsp3) is 0.667. The fourth-order valence-corrected chi connectivity index (χ4v) is 1.83. The van der Waals surface area contributed by atoms with Crippen LogP contribution in [-0.2, 0) is 24.8 Å². The molecule has 1 aromatic rings. The van der Waals surface area contributed by atoms with E-state index in [-0.39, 0.29) is 5.91 Å². The normalized spacial score (nSPS) is 17.4. The van der Waals surface area contributed by atoms with Gasteiger partial charge in [0.25, 0.3) is 0 Å². The Hall–Kier alpha value is -1.43. The molecule has 0 saturated heterocycles. The third-order valence-corrected chi connectivity index (χ3v) is 2.68. The van der Waals surface area contributed by atoms with Crippen LogP contribution in [0, 0.1) is 0 Å². The first-order valence-corrected chi connectivity index (χ1v) is 5.01. The van der Waals surface area contributed by atoms with Gasteiger partial charge in [-0.1, -0.05) is 5.21 Å². The highest BCUT2D eigenvalue weighted by Gasteiger charge is 2.25. The molecule has 6 heteroatoms. The number of rotatable bonds is 1. The lowest BCUT2D eigenvalue weighted by atomic mass is 10.1. The first-order chi connectivity index (χ1) is 7.09. The van der Waals surface area contributed by atoms with Gasteiger partial charge in [-0.3, -0.25) is 9.48 Å². The Balaban J connectivity index is 2.16.